The molecule has 1 unspecified atom stereocenters. The predicted octanol–water partition coefficient (Wildman–Crippen LogP) is 0.725. The van der Waals surface area contributed by atoms with Gasteiger partial charge in [-0.25, -0.2) is 0 Å². The van der Waals surface area contributed by atoms with Crippen molar-refractivity contribution >= 4 is 0 Å². The highest BCUT2D eigenvalue weighted by Crippen LogP contribution is 2.23. The summed E-state index contributed by atoms with van der Waals surface area (Å²) in [6.45, 7) is 2.44. The zero-order chi connectivity index (χ0) is 10.5. The normalized spacial score (nSPS) is 21.8. The lowest BCUT2D eigenvalue weighted by Crippen LogP contribution is -2.15. The average Bonchev–Trinajstić information content (AvgIpc) is 2.76. The molecule has 1 atom stereocenters. The van der Waals surface area contributed by atoms with Crippen LogP contribution >= 0.6 is 0 Å². The highest BCUT2D eigenvalue weighted by Gasteiger charge is 2.21. The molecule has 1 saturated heterocycles. The lowest BCUT2D eigenvalue weighted by molar-refractivity contribution is 0.0721. The number of nitrogens with one attached hydrogen (secondary N) is 1. The van der Waals surface area contributed by atoms with Crippen LogP contribution in [0.1, 0.15) is 30.5 Å². The number of aromatic nitrogens is 2. The first-order chi connectivity index (χ1) is 7.40. The van der Waals surface area contributed by atoms with Gasteiger partial charge in [0.05, 0.1) is 12.5 Å². The molecule has 1 aromatic heterocycles. The van der Waals surface area contributed by atoms with Crippen molar-refractivity contribution in [2.75, 3.05) is 26.8 Å². The Morgan fingerprint density at radius 1 is 1.47 bits per heavy atom. The zero-order valence-corrected chi connectivity index (χ0v) is 9.03. The van der Waals surface area contributed by atoms with E-state index < -0.39 is 0 Å². The van der Waals surface area contributed by atoms with Crippen molar-refractivity contribution in [1.82, 2.24) is 15.5 Å². The van der Waals surface area contributed by atoms with Gasteiger partial charge in [-0.15, -0.1) is 10.2 Å². The summed E-state index contributed by atoms with van der Waals surface area (Å²) in [4.78, 5) is 0. The summed E-state index contributed by atoms with van der Waals surface area (Å²) in [5, 5.41) is 11.1. The van der Waals surface area contributed by atoms with Gasteiger partial charge in [0.25, 0.3) is 0 Å². The molecular weight excluding hydrogens is 194 g/mol. The second-order valence-corrected chi connectivity index (χ2v) is 3.80. The summed E-state index contributed by atoms with van der Waals surface area (Å²) in [5.41, 5.74) is 0. The van der Waals surface area contributed by atoms with Crippen molar-refractivity contribution in [2.45, 2.75) is 25.2 Å². The molecule has 5 nitrogen and oxygen atoms in total. The molecule has 84 valence electrons. The number of hydrogen-bond acceptors (Lipinski definition) is 5. The van der Waals surface area contributed by atoms with Gasteiger partial charge in [0, 0.05) is 19.6 Å². The first-order valence-electron chi connectivity index (χ1n) is 5.45. The van der Waals surface area contributed by atoms with Gasteiger partial charge >= 0.3 is 0 Å². The van der Waals surface area contributed by atoms with Gasteiger partial charge in [-0.2, -0.15) is 0 Å². The summed E-state index contributed by atoms with van der Waals surface area (Å²) in [5.74, 6) is 1.75. The van der Waals surface area contributed by atoms with Gasteiger partial charge in [0.1, 0.15) is 0 Å². The Balaban J connectivity index is 1.93. The highest BCUT2D eigenvalue weighted by atomic mass is 16.5. The van der Waals surface area contributed by atoms with Crippen molar-refractivity contribution in [3.63, 3.8) is 0 Å². The Morgan fingerprint density at radius 2 is 2.40 bits per heavy atom. The fraction of sp³-hybridized carbons (Fsp3) is 0.800. The second-order valence-electron chi connectivity index (χ2n) is 3.80. The summed E-state index contributed by atoms with van der Waals surface area (Å²) < 4.78 is 11.0. The van der Waals surface area contributed by atoms with Crippen LogP contribution in [0.15, 0.2) is 4.42 Å². The monoisotopic (exact) mass is 211 g/mol. The van der Waals surface area contributed by atoms with E-state index >= 15 is 0 Å². The van der Waals surface area contributed by atoms with Gasteiger partial charge in [-0.3, -0.25) is 0 Å². The summed E-state index contributed by atoms with van der Waals surface area (Å²) in [7, 11) is 1.91. The van der Waals surface area contributed by atoms with Crippen molar-refractivity contribution in [1.29, 1.82) is 0 Å². The molecule has 0 saturated carbocycles. The third kappa shape index (κ3) is 2.76. The Morgan fingerprint density at radius 3 is 3.13 bits per heavy atom. The molecule has 15 heavy (non-hydrogen) atoms. The van der Waals surface area contributed by atoms with Crippen molar-refractivity contribution in [3.8, 4) is 0 Å². The summed E-state index contributed by atoms with van der Waals surface area (Å²) in [6.07, 6.45) is 2.96. The third-order valence-corrected chi connectivity index (χ3v) is 2.58. The van der Waals surface area contributed by atoms with E-state index in [1.54, 1.807) is 0 Å². The molecule has 0 aromatic carbocycles. The smallest absolute Gasteiger partial charge is 0.221 e. The minimum absolute atomic E-state index is 0.301. The van der Waals surface area contributed by atoms with E-state index in [0.29, 0.717) is 18.4 Å². The number of rotatable bonds is 4. The molecule has 2 rings (SSSR count). The van der Waals surface area contributed by atoms with Crippen LogP contribution in [0.3, 0.4) is 0 Å². The van der Waals surface area contributed by atoms with Crippen LogP contribution in [0, 0.1) is 0 Å². The van der Waals surface area contributed by atoms with E-state index in [2.05, 4.69) is 15.5 Å². The molecule has 1 aromatic rings. The van der Waals surface area contributed by atoms with E-state index in [1.807, 2.05) is 7.05 Å². The molecule has 1 fully saturated rings. The molecule has 0 radical (unpaired) electrons. The Labute approximate surface area is 89.2 Å². The quantitative estimate of drug-likeness (QED) is 0.795. The molecule has 2 heterocycles. The van der Waals surface area contributed by atoms with Crippen LogP contribution in [0.4, 0.5) is 0 Å². The molecule has 1 aliphatic heterocycles. The molecule has 0 spiro atoms. The van der Waals surface area contributed by atoms with Gasteiger partial charge in [0.15, 0.2) is 0 Å². The fourth-order valence-corrected chi connectivity index (χ4v) is 1.70. The van der Waals surface area contributed by atoms with E-state index in [-0.39, 0.29) is 0 Å². The minimum Gasteiger partial charge on any atom is -0.425 e. The van der Waals surface area contributed by atoms with Crippen LogP contribution < -0.4 is 5.32 Å². The van der Waals surface area contributed by atoms with Gasteiger partial charge in [-0.1, -0.05) is 0 Å². The van der Waals surface area contributed by atoms with Crippen LogP contribution in [-0.2, 0) is 11.2 Å². The minimum atomic E-state index is 0.301. The molecule has 5 heteroatoms. The maximum Gasteiger partial charge on any atom is 0.221 e. The highest BCUT2D eigenvalue weighted by molar-refractivity contribution is 4.93. The molecule has 1 aliphatic rings. The SMILES string of the molecule is CNCCc1nnc(C2CCCOC2)o1. The summed E-state index contributed by atoms with van der Waals surface area (Å²) in [6, 6.07) is 0. The fourth-order valence-electron chi connectivity index (χ4n) is 1.70. The van der Waals surface area contributed by atoms with Crippen molar-refractivity contribution in [2.24, 2.45) is 0 Å². The Hall–Kier alpha value is -0.940. The first kappa shape index (κ1) is 10.6. The van der Waals surface area contributed by atoms with Crippen LogP contribution in [0.25, 0.3) is 0 Å². The average molecular weight is 211 g/mol. The van der Waals surface area contributed by atoms with E-state index in [4.69, 9.17) is 9.15 Å². The topological polar surface area (TPSA) is 60.2 Å². The van der Waals surface area contributed by atoms with Crippen LogP contribution in [-0.4, -0.2) is 37.0 Å². The molecule has 1 N–H and O–H groups in total. The van der Waals surface area contributed by atoms with Crippen LogP contribution in [0.2, 0.25) is 0 Å². The maximum atomic E-state index is 5.58. The van der Waals surface area contributed by atoms with Gasteiger partial charge in [-0.05, 0) is 19.9 Å². The van der Waals surface area contributed by atoms with E-state index in [1.165, 1.54) is 0 Å². The molecule has 0 aliphatic carbocycles. The largest absolute Gasteiger partial charge is 0.425 e. The second kappa shape index (κ2) is 5.23. The zero-order valence-electron chi connectivity index (χ0n) is 9.03. The molecule has 0 bridgehead atoms. The number of likely N-dealkylation sites (N-methyl/N-ethyl adjacent to an activating group) is 1. The maximum absolute atomic E-state index is 5.58. The lowest BCUT2D eigenvalue weighted by atomic mass is 10.0. The van der Waals surface area contributed by atoms with Crippen molar-refractivity contribution in [3.05, 3.63) is 11.8 Å². The lowest BCUT2D eigenvalue weighted by Gasteiger charge is -2.18. The third-order valence-electron chi connectivity index (χ3n) is 2.58. The summed E-state index contributed by atoms with van der Waals surface area (Å²) >= 11 is 0. The van der Waals surface area contributed by atoms with Crippen LogP contribution in [0.5, 0.6) is 0 Å². The Kier molecular flexibility index (Phi) is 3.69. The molecule has 0 amide bonds. The van der Waals surface area contributed by atoms with Gasteiger partial charge in [0.2, 0.25) is 11.8 Å². The standard InChI is InChI=1S/C10H17N3O2/c1-11-5-4-9-12-13-10(15-9)8-3-2-6-14-7-8/h8,11H,2-7H2,1H3. The Bertz CT molecular complexity index is 295. The van der Waals surface area contributed by atoms with Gasteiger partial charge < -0.3 is 14.5 Å². The van der Waals surface area contributed by atoms with Crippen molar-refractivity contribution < 1.29 is 9.15 Å². The number of nitrogens with zero attached hydrogens (tertiary/aromatic N) is 2. The number of hydrogen-bond donors (Lipinski definition) is 1. The van der Waals surface area contributed by atoms with E-state index in [0.717, 1.165) is 38.3 Å². The molecular formula is C10H17N3O2. The predicted molar refractivity (Wildman–Crippen MR) is 54.7 cm³/mol. The van der Waals surface area contributed by atoms with E-state index in [9.17, 15) is 0 Å². The number of ether oxygens (including phenoxy) is 1. The first-order valence-corrected chi connectivity index (χ1v) is 5.45.